The minimum atomic E-state index is -0.392. The number of hydrogen-bond acceptors (Lipinski definition) is 4. The fourth-order valence-electron chi connectivity index (χ4n) is 1.24. The highest BCUT2D eigenvalue weighted by Gasteiger charge is 2.03. The monoisotopic (exact) mass is 209 g/mol. The first-order valence-corrected chi connectivity index (χ1v) is 4.88. The molecule has 82 valence electrons. The minimum Gasteiger partial charge on any atom is -0.329 e. The van der Waals surface area contributed by atoms with Crippen molar-refractivity contribution in [3.05, 3.63) is 39.9 Å². The summed E-state index contributed by atoms with van der Waals surface area (Å²) in [6.45, 7) is 2.27. The number of nitrogens with two attached hydrogens (primary N) is 1. The van der Waals surface area contributed by atoms with E-state index in [1.54, 1.807) is 12.1 Å². The second-order valence-electron chi connectivity index (χ2n) is 3.21. The second-order valence-corrected chi connectivity index (χ2v) is 3.21. The maximum absolute atomic E-state index is 10.4. The molecule has 0 atom stereocenters. The molecule has 0 fully saturated rings. The zero-order valence-corrected chi connectivity index (χ0v) is 8.48. The SMILES string of the molecule is NCCNCCc1ccc([N+](=O)[O-])cc1. The van der Waals surface area contributed by atoms with E-state index < -0.39 is 4.92 Å². The number of non-ortho nitro benzene ring substituents is 1. The van der Waals surface area contributed by atoms with Gasteiger partial charge in [0, 0.05) is 25.2 Å². The molecule has 0 heterocycles. The zero-order valence-electron chi connectivity index (χ0n) is 8.48. The molecule has 0 unspecified atom stereocenters. The first-order chi connectivity index (χ1) is 7.24. The molecule has 0 amide bonds. The number of nitrogens with zero attached hydrogens (tertiary/aromatic N) is 1. The van der Waals surface area contributed by atoms with Crippen LogP contribution in [0, 0.1) is 10.1 Å². The molecule has 0 aromatic heterocycles. The van der Waals surface area contributed by atoms with Crippen molar-refractivity contribution in [2.24, 2.45) is 5.73 Å². The Kier molecular flexibility index (Phi) is 4.73. The van der Waals surface area contributed by atoms with E-state index in [-0.39, 0.29) is 5.69 Å². The molecule has 0 aliphatic heterocycles. The van der Waals surface area contributed by atoms with Gasteiger partial charge in [-0.05, 0) is 18.5 Å². The lowest BCUT2D eigenvalue weighted by Crippen LogP contribution is -2.24. The third-order valence-electron chi connectivity index (χ3n) is 2.06. The molecule has 0 saturated carbocycles. The Balaban J connectivity index is 2.39. The van der Waals surface area contributed by atoms with Gasteiger partial charge in [-0.3, -0.25) is 10.1 Å². The van der Waals surface area contributed by atoms with E-state index in [2.05, 4.69) is 5.32 Å². The molecule has 1 aromatic carbocycles. The molecule has 15 heavy (non-hydrogen) atoms. The number of nitrogens with one attached hydrogen (secondary N) is 1. The van der Waals surface area contributed by atoms with Crippen LogP contribution in [0.5, 0.6) is 0 Å². The maximum atomic E-state index is 10.4. The summed E-state index contributed by atoms with van der Waals surface area (Å²) in [5.74, 6) is 0. The highest BCUT2D eigenvalue weighted by molar-refractivity contribution is 5.32. The van der Waals surface area contributed by atoms with Crippen molar-refractivity contribution >= 4 is 5.69 Å². The van der Waals surface area contributed by atoms with Crippen LogP contribution in [0.1, 0.15) is 5.56 Å². The quantitative estimate of drug-likeness (QED) is 0.410. The second kappa shape index (κ2) is 6.10. The predicted octanol–water partition coefficient (Wildman–Crippen LogP) is 0.686. The molecule has 0 spiro atoms. The van der Waals surface area contributed by atoms with E-state index >= 15 is 0 Å². The molecule has 5 heteroatoms. The van der Waals surface area contributed by atoms with Crippen LogP contribution >= 0.6 is 0 Å². The average molecular weight is 209 g/mol. The van der Waals surface area contributed by atoms with Gasteiger partial charge >= 0.3 is 0 Å². The molecule has 0 saturated heterocycles. The van der Waals surface area contributed by atoms with Crippen LogP contribution in [0.3, 0.4) is 0 Å². The summed E-state index contributed by atoms with van der Waals surface area (Å²) < 4.78 is 0. The Morgan fingerprint density at radius 2 is 1.93 bits per heavy atom. The van der Waals surface area contributed by atoms with Crippen molar-refractivity contribution in [1.29, 1.82) is 0 Å². The molecule has 1 rings (SSSR count). The zero-order chi connectivity index (χ0) is 11.1. The summed E-state index contributed by atoms with van der Waals surface area (Å²) in [5, 5.41) is 13.6. The molecular weight excluding hydrogens is 194 g/mol. The number of nitro benzene ring substituents is 1. The van der Waals surface area contributed by atoms with Crippen LogP contribution in [-0.2, 0) is 6.42 Å². The highest BCUT2D eigenvalue weighted by Crippen LogP contribution is 2.11. The smallest absolute Gasteiger partial charge is 0.269 e. The van der Waals surface area contributed by atoms with Crippen LogP contribution in [0.2, 0.25) is 0 Å². The van der Waals surface area contributed by atoms with E-state index in [1.165, 1.54) is 12.1 Å². The largest absolute Gasteiger partial charge is 0.329 e. The van der Waals surface area contributed by atoms with Crippen LogP contribution in [0.4, 0.5) is 5.69 Å². The molecule has 0 bridgehead atoms. The lowest BCUT2D eigenvalue weighted by atomic mass is 10.1. The molecule has 1 aromatic rings. The maximum Gasteiger partial charge on any atom is 0.269 e. The van der Waals surface area contributed by atoms with Crippen LogP contribution in [0.25, 0.3) is 0 Å². The van der Waals surface area contributed by atoms with Gasteiger partial charge in [-0.25, -0.2) is 0 Å². The standard InChI is InChI=1S/C10H15N3O2/c11-6-8-12-7-5-9-1-3-10(4-2-9)13(14)15/h1-4,12H,5-8,11H2. The van der Waals surface area contributed by atoms with Gasteiger partial charge in [0.15, 0.2) is 0 Å². The molecule has 0 radical (unpaired) electrons. The van der Waals surface area contributed by atoms with E-state index in [0.29, 0.717) is 6.54 Å². The summed E-state index contributed by atoms with van der Waals surface area (Å²) in [5.41, 5.74) is 6.54. The summed E-state index contributed by atoms with van der Waals surface area (Å²) >= 11 is 0. The van der Waals surface area contributed by atoms with E-state index in [0.717, 1.165) is 25.1 Å². The number of benzene rings is 1. The van der Waals surface area contributed by atoms with Gasteiger partial charge in [0.05, 0.1) is 4.92 Å². The Morgan fingerprint density at radius 3 is 2.47 bits per heavy atom. The average Bonchev–Trinajstić information content (AvgIpc) is 2.25. The van der Waals surface area contributed by atoms with Gasteiger partial charge < -0.3 is 11.1 Å². The normalized spacial score (nSPS) is 10.2. The van der Waals surface area contributed by atoms with Gasteiger partial charge in [0.2, 0.25) is 0 Å². The van der Waals surface area contributed by atoms with Crippen molar-refractivity contribution in [2.75, 3.05) is 19.6 Å². The molecular formula is C10H15N3O2. The Labute approximate surface area is 88.4 Å². The van der Waals surface area contributed by atoms with E-state index in [4.69, 9.17) is 5.73 Å². The Hall–Kier alpha value is -1.46. The first-order valence-electron chi connectivity index (χ1n) is 4.88. The Morgan fingerprint density at radius 1 is 1.27 bits per heavy atom. The summed E-state index contributed by atoms with van der Waals surface area (Å²) in [4.78, 5) is 10.00. The molecule has 0 aliphatic carbocycles. The van der Waals surface area contributed by atoms with Gasteiger partial charge in [-0.1, -0.05) is 12.1 Å². The molecule has 0 aliphatic rings. The predicted molar refractivity (Wildman–Crippen MR) is 58.7 cm³/mol. The van der Waals surface area contributed by atoms with Crippen LogP contribution < -0.4 is 11.1 Å². The first kappa shape index (κ1) is 11.6. The third-order valence-corrected chi connectivity index (χ3v) is 2.06. The third kappa shape index (κ3) is 4.05. The van der Waals surface area contributed by atoms with E-state index in [9.17, 15) is 10.1 Å². The van der Waals surface area contributed by atoms with Crippen LogP contribution in [-0.4, -0.2) is 24.6 Å². The van der Waals surface area contributed by atoms with Crippen molar-refractivity contribution in [1.82, 2.24) is 5.32 Å². The highest BCUT2D eigenvalue weighted by atomic mass is 16.6. The summed E-state index contributed by atoms with van der Waals surface area (Å²) in [6, 6.07) is 6.61. The van der Waals surface area contributed by atoms with Crippen molar-refractivity contribution in [3.8, 4) is 0 Å². The van der Waals surface area contributed by atoms with Gasteiger partial charge in [0.25, 0.3) is 5.69 Å². The summed E-state index contributed by atoms with van der Waals surface area (Å²) in [6.07, 6.45) is 0.859. The van der Waals surface area contributed by atoms with Gasteiger partial charge in [-0.15, -0.1) is 0 Å². The van der Waals surface area contributed by atoms with Crippen LogP contribution in [0.15, 0.2) is 24.3 Å². The Bertz CT molecular complexity index is 311. The fraction of sp³-hybridized carbons (Fsp3) is 0.400. The van der Waals surface area contributed by atoms with Crippen molar-refractivity contribution in [3.63, 3.8) is 0 Å². The topological polar surface area (TPSA) is 81.2 Å². The van der Waals surface area contributed by atoms with Gasteiger partial charge in [-0.2, -0.15) is 0 Å². The lowest BCUT2D eigenvalue weighted by molar-refractivity contribution is -0.384. The van der Waals surface area contributed by atoms with E-state index in [1.807, 2.05) is 0 Å². The van der Waals surface area contributed by atoms with Crippen molar-refractivity contribution in [2.45, 2.75) is 6.42 Å². The minimum absolute atomic E-state index is 0.133. The number of rotatable bonds is 6. The fourth-order valence-corrected chi connectivity index (χ4v) is 1.24. The van der Waals surface area contributed by atoms with Gasteiger partial charge in [0.1, 0.15) is 0 Å². The molecule has 5 nitrogen and oxygen atoms in total. The number of hydrogen-bond donors (Lipinski definition) is 2. The van der Waals surface area contributed by atoms with Crippen molar-refractivity contribution < 1.29 is 4.92 Å². The lowest BCUT2D eigenvalue weighted by Gasteiger charge is -2.02. The number of nitro groups is 1. The summed E-state index contributed by atoms with van der Waals surface area (Å²) in [7, 11) is 0. The molecule has 3 N–H and O–H groups in total.